The average Bonchev–Trinajstić information content (AvgIpc) is 2.38. The summed E-state index contributed by atoms with van der Waals surface area (Å²) in [6.45, 7) is 4.62. The van der Waals surface area contributed by atoms with Crippen molar-refractivity contribution in [3.05, 3.63) is 63.7 Å². The van der Waals surface area contributed by atoms with E-state index in [0.29, 0.717) is 17.1 Å². The standard InChI is InChI=1S/C16H16ClNO2/c1-10-7-11(2)15(14(17)8-10)18-9-12-3-5-13(6-4-12)16(19)20/h3-8,18H,9H2,1-2H3,(H,19,20). The van der Waals surface area contributed by atoms with Crippen LogP contribution in [0.25, 0.3) is 0 Å². The second kappa shape index (κ2) is 5.97. The van der Waals surface area contributed by atoms with Crippen molar-refractivity contribution in [3.8, 4) is 0 Å². The molecule has 4 heteroatoms. The van der Waals surface area contributed by atoms with Crippen LogP contribution in [-0.4, -0.2) is 11.1 Å². The number of carboxylic acid groups (broad SMARTS) is 1. The second-order valence-corrected chi connectivity index (χ2v) is 5.20. The van der Waals surface area contributed by atoms with Gasteiger partial charge in [0.15, 0.2) is 0 Å². The fraction of sp³-hybridized carbons (Fsp3) is 0.188. The van der Waals surface area contributed by atoms with E-state index in [1.807, 2.05) is 19.9 Å². The Kier molecular flexibility index (Phi) is 4.30. The lowest BCUT2D eigenvalue weighted by atomic mass is 10.1. The highest BCUT2D eigenvalue weighted by molar-refractivity contribution is 6.33. The molecule has 0 saturated heterocycles. The molecule has 0 radical (unpaired) electrons. The molecule has 2 rings (SSSR count). The van der Waals surface area contributed by atoms with Crippen LogP contribution in [0, 0.1) is 13.8 Å². The Morgan fingerprint density at radius 1 is 1.20 bits per heavy atom. The summed E-state index contributed by atoms with van der Waals surface area (Å²) in [6, 6.07) is 10.8. The lowest BCUT2D eigenvalue weighted by molar-refractivity contribution is 0.0697. The zero-order chi connectivity index (χ0) is 14.7. The van der Waals surface area contributed by atoms with E-state index in [4.69, 9.17) is 16.7 Å². The van der Waals surface area contributed by atoms with E-state index in [1.54, 1.807) is 24.3 Å². The van der Waals surface area contributed by atoms with Crippen LogP contribution in [0.2, 0.25) is 5.02 Å². The van der Waals surface area contributed by atoms with Crippen molar-refractivity contribution in [1.82, 2.24) is 0 Å². The number of carboxylic acids is 1. The van der Waals surface area contributed by atoms with Crippen molar-refractivity contribution >= 4 is 23.3 Å². The largest absolute Gasteiger partial charge is 0.478 e. The van der Waals surface area contributed by atoms with Crippen LogP contribution in [0.5, 0.6) is 0 Å². The Morgan fingerprint density at radius 2 is 1.85 bits per heavy atom. The van der Waals surface area contributed by atoms with Gasteiger partial charge in [0.05, 0.1) is 16.3 Å². The molecule has 0 bridgehead atoms. The number of hydrogen-bond donors (Lipinski definition) is 2. The molecule has 20 heavy (non-hydrogen) atoms. The number of aromatic carboxylic acids is 1. The number of aryl methyl sites for hydroxylation is 2. The van der Waals surface area contributed by atoms with Gasteiger partial charge < -0.3 is 10.4 Å². The predicted octanol–water partition coefficient (Wildman–Crippen LogP) is 4.27. The Bertz CT molecular complexity index is 612. The van der Waals surface area contributed by atoms with Crippen molar-refractivity contribution in [1.29, 1.82) is 0 Å². The summed E-state index contributed by atoms with van der Waals surface area (Å²) in [4.78, 5) is 10.8. The highest BCUT2D eigenvalue weighted by Gasteiger charge is 2.06. The van der Waals surface area contributed by atoms with E-state index in [0.717, 1.165) is 22.4 Å². The molecule has 2 N–H and O–H groups in total. The van der Waals surface area contributed by atoms with E-state index in [-0.39, 0.29) is 0 Å². The van der Waals surface area contributed by atoms with Gasteiger partial charge in [0, 0.05) is 6.54 Å². The summed E-state index contributed by atoms with van der Waals surface area (Å²) < 4.78 is 0. The SMILES string of the molecule is Cc1cc(C)c(NCc2ccc(C(=O)O)cc2)c(Cl)c1. The van der Waals surface area contributed by atoms with Crippen molar-refractivity contribution in [2.75, 3.05) is 5.32 Å². The van der Waals surface area contributed by atoms with E-state index < -0.39 is 5.97 Å². The molecule has 3 nitrogen and oxygen atoms in total. The molecule has 0 aromatic heterocycles. The maximum Gasteiger partial charge on any atom is 0.335 e. The fourth-order valence-electron chi connectivity index (χ4n) is 2.10. The summed E-state index contributed by atoms with van der Waals surface area (Å²) in [5, 5.41) is 12.8. The van der Waals surface area contributed by atoms with Crippen LogP contribution in [0.3, 0.4) is 0 Å². The van der Waals surface area contributed by atoms with E-state index in [2.05, 4.69) is 11.4 Å². The molecular formula is C16H16ClNO2. The lowest BCUT2D eigenvalue weighted by Gasteiger charge is -2.12. The van der Waals surface area contributed by atoms with Gasteiger partial charge in [-0.3, -0.25) is 0 Å². The Hall–Kier alpha value is -2.00. The summed E-state index contributed by atoms with van der Waals surface area (Å²) in [7, 11) is 0. The molecule has 0 saturated carbocycles. The minimum absolute atomic E-state index is 0.290. The maximum absolute atomic E-state index is 10.8. The molecule has 0 fully saturated rings. The first-order valence-corrected chi connectivity index (χ1v) is 6.68. The van der Waals surface area contributed by atoms with Crippen LogP contribution >= 0.6 is 11.6 Å². The molecule has 0 aliphatic rings. The molecule has 0 atom stereocenters. The third-order valence-electron chi connectivity index (χ3n) is 3.10. The Balaban J connectivity index is 2.11. The van der Waals surface area contributed by atoms with Crippen molar-refractivity contribution < 1.29 is 9.90 Å². The lowest BCUT2D eigenvalue weighted by Crippen LogP contribution is -2.03. The van der Waals surface area contributed by atoms with Crippen LogP contribution in [0.1, 0.15) is 27.0 Å². The summed E-state index contributed by atoms with van der Waals surface area (Å²) >= 11 is 6.23. The average molecular weight is 290 g/mol. The summed E-state index contributed by atoms with van der Waals surface area (Å²) in [6.07, 6.45) is 0. The van der Waals surface area contributed by atoms with Gasteiger partial charge in [-0.15, -0.1) is 0 Å². The molecule has 2 aromatic rings. The Labute approximate surface area is 123 Å². The summed E-state index contributed by atoms with van der Waals surface area (Å²) in [5.74, 6) is -0.915. The van der Waals surface area contributed by atoms with Gasteiger partial charge in [-0.25, -0.2) is 4.79 Å². The predicted molar refractivity (Wildman–Crippen MR) is 81.7 cm³/mol. The third-order valence-corrected chi connectivity index (χ3v) is 3.40. The number of benzene rings is 2. The minimum Gasteiger partial charge on any atom is -0.478 e. The van der Waals surface area contributed by atoms with Gasteiger partial charge >= 0.3 is 5.97 Å². The zero-order valence-electron chi connectivity index (χ0n) is 11.4. The highest BCUT2D eigenvalue weighted by Crippen LogP contribution is 2.27. The van der Waals surface area contributed by atoms with E-state index in [1.165, 1.54) is 0 Å². The van der Waals surface area contributed by atoms with Gasteiger partial charge in [-0.1, -0.05) is 29.8 Å². The van der Waals surface area contributed by atoms with Crippen LogP contribution < -0.4 is 5.32 Å². The number of nitrogens with one attached hydrogen (secondary N) is 1. The molecule has 0 heterocycles. The molecule has 0 amide bonds. The van der Waals surface area contributed by atoms with Crippen molar-refractivity contribution in [2.24, 2.45) is 0 Å². The molecule has 0 spiro atoms. The van der Waals surface area contributed by atoms with Gasteiger partial charge in [0.1, 0.15) is 0 Å². The number of halogens is 1. The van der Waals surface area contributed by atoms with Crippen LogP contribution in [0.4, 0.5) is 5.69 Å². The topological polar surface area (TPSA) is 49.3 Å². The molecule has 104 valence electrons. The van der Waals surface area contributed by atoms with Crippen LogP contribution in [0.15, 0.2) is 36.4 Å². The first-order chi connectivity index (χ1) is 9.47. The summed E-state index contributed by atoms with van der Waals surface area (Å²) in [5.41, 5.74) is 4.44. The number of hydrogen-bond acceptors (Lipinski definition) is 2. The molecule has 0 aliphatic heterocycles. The zero-order valence-corrected chi connectivity index (χ0v) is 12.2. The normalized spacial score (nSPS) is 10.3. The monoisotopic (exact) mass is 289 g/mol. The van der Waals surface area contributed by atoms with E-state index >= 15 is 0 Å². The first-order valence-electron chi connectivity index (χ1n) is 6.30. The quantitative estimate of drug-likeness (QED) is 0.884. The fourth-order valence-corrected chi connectivity index (χ4v) is 2.48. The van der Waals surface area contributed by atoms with Crippen molar-refractivity contribution in [3.63, 3.8) is 0 Å². The molecule has 0 aliphatic carbocycles. The van der Waals surface area contributed by atoms with E-state index in [9.17, 15) is 4.79 Å². The number of rotatable bonds is 4. The van der Waals surface area contributed by atoms with Crippen LogP contribution in [-0.2, 0) is 6.54 Å². The van der Waals surface area contributed by atoms with Gasteiger partial charge in [0.25, 0.3) is 0 Å². The number of carbonyl (C=O) groups is 1. The van der Waals surface area contributed by atoms with Crippen molar-refractivity contribution in [2.45, 2.75) is 20.4 Å². The molecule has 2 aromatic carbocycles. The third kappa shape index (κ3) is 3.31. The highest BCUT2D eigenvalue weighted by atomic mass is 35.5. The van der Waals surface area contributed by atoms with Gasteiger partial charge in [-0.05, 0) is 48.7 Å². The van der Waals surface area contributed by atoms with Gasteiger partial charge in [0.2, 0.25) is 0 Å². The number of anilines is 1. The minimum atomic E-state index is -0.915. The first kappa shape index (κ1) is 14.4. The Morgan fingerprint density at radius 3 is 2.40 bits per heavy atom. The maximum atomic E-state index is 10.8. The van der Waals surface area contributed by atoms with Gasteiger partial charge in [-0.2, -0.15) is 0 Å². The molecule has 0 unspecified atom stereocenters. The smallest absolute Gasteiger partial charge is 0.335 e. The molecular weight excluding hydrogens is 274 g/mol. The second-order valence-electron chi connectivity index (χ2n) is 4.79.